The van der Waals surface area contributed by atoms with Gasteiger partial charge in [0.15, 0.2) is 0 Å². The highest BCUT2D eigenvalue weighted by molar-refractivity contribution is 5.94. The van der Waals surface area contributed by atoms with E-state index in [0.717, 1.165) is 38.5 Å². The lowest BCUT2D eigenvalue weighted by atomic mass is 10.0. The Balaban J connectivity index is 2.39. The van der Waals surface area contributed by atoms with Crippen LogP contribution in [0.4, 0.5) is 26.3 Å². The quantitative estimate of drug-likeness (QED) is 0.307. The molecule has 1 amide bonds. The van der Waals surface area contributed by atoms with Crippen molar-refractivity contribution in [3.8, 4) is 0 Å². The third kappa shape index (κ3) is 9.98. The fourth-order valence-corrected chi connectivity index (χ4v) is 2.85. The summed E-state index contributed by atoms with van der Waals surface area (Å²) in [5.41, 5.74) is -3.73. The van der Waals surface area contributed by atoms with Gasteiger partial charge in [-0.2, -0.15) is 26.3 Å². The van der Waals surface area contributed by atoms with Crippen LogP contribution in [0.25, 0.3) is 0 Å². The van der Waals surface area contributed by atoms with E-state index < -0.39 is 40.9 Å². The van der Waals surface area contributed by atoms with Gasteiger partial charge in [0.05, 0.1) is 11.1 Å². The molecule has 4 nitrogen and oxygen atoms in total. The second kappa shape index (κ2) is 11.8. The number of carboxylic acids is 1. The van der Waals surface area contributed by atoms with Gasteiger partial charge in [-0.3, -0.25) is 9.59 Å². The summed E-state index contributed by atoms with van der Waals surface area (Å²) in [6.45, 7) is 0.148. The van der Waals surface area contributed by atoms with Gasteiger partial charge < -0.3 is 10.4 Å². The lowest BCUT2D eigenvalue weighted by Gasteiger charge is -2.14. The molecule has 0 aliphatic carbocycles. The molecule has 0 aromatic heterocycles. The smallest absolute Gasteiger partial charge is 0.416 e. The maximum absolute atomic E-state index is 12.8. The molecular weight excluding hydrogens is 416 g/mol. The standard InChI is InChI=1S/C20H25F6NO3/c21-19(22,23)15-11-14(12-16(13-15)20(24,25)26)18(30)27-10-8-6-4-2-1-3-5-7-9-17(28)29/h11-13H,1-10H2,(H,27,30)(H,28,29). The van der Waals surface area contributed by atoms with E-state index >= 15 is 0 Å². The maximum Gasteiger partial charge on any atom is 0.416 e. The summed E-state index contributed by atoms with van der Waals surface area (Å²) in [6.07, 6.45) is -3.34. The number of carboxylic acid groups (broad SMARTS) is 1. The third-order valence-electron chi connectivity index (χ3n) is 4.45. The number of amides is 1. The Morgan fingerprint density at radius 3 is 1.60 bits per heavy atom. The molecule has 0 unspecified atom stereocenters. The fraction of sp³-hybridized carbons (Fsp3) is 0.600. The number of halogens is 6. The highest BCUT2D eigenvalue weighted by atomic mass is 19.4. The van der Waals surface area contributed by atoms with Gasteiger partial charge in [-0.25, -0.2) is 0 Å². The van der Waals surface area contributed by atoms with Gasteiger partial charge in [-0.1, -0.05) is 38.5 Å². The molecule has 0 saturated heterocycles. The first-order valence-corrected chi connectivity index (χ1v) is 9.70. The van der Waals surface area contributed by atoms with Crippen molar-refractivity contribution in [1.29, 1.82) is 0 Å². The minimum Gasteiger partial charge on any atom is -0.481 e. The normalized spacial score (nSPS) is 12.1. The molecule has 2 N–H and O–H groups in total. The number of unbranched alkanes of at least 4 members (excludes halogenated alkanes) is 7. The highest BCUT2D eigenvalue weighted by Gasteiger charge is 2.37. The van der Waals surface area contributed by atoms with E-state index in [-0.39, 0.29) is 19.0 Å². The second-order valence-electron chi connectivity index (χ2n) is 7.02. The van der Waals surface area contributed by atoms with Crippen LogP contribution in [0.2, 0.25) is 0 Å². The first-order chi connectivity index (χ1) is 13.9. The number of carbonyl (C=O) groups excluding carboxylic acids is 1. The summed E-state index contributed by atoms with van der Waals surface area (Å²) in [5, 5.41) is 10.9. The molecule has 0 radical (unpaired) electrons. The van der Waals surface area contributed by atoms with Crippen LogP contribution in [-0.2, 0) is 17.1 Å². The molecule has 10 heteroatoms. The van der Waals surface area contributed by atoms with Crippen LogP contribution < -0.4 is 5.32 Å². The van der Waals surface area contributed by atoms with E-state index in [9.17, 15) is 35.9 Å². The number of carbonyl (C=O) groups is 2. The minimum absolute atomic E-state index is 0.0154. The molecule has 0 bridgehead atoms. The summed E-state index contributed by atoms with van der Waals surface area (Å²) in [5.74, 6) is -1.79. The van der Waals surface area contributed by atoms with Crippen LogP contribution in [0.5, 0.6) is 0 Å². The monoisotopic (exact) mass is 441 g/mol. The number of nitrogens with one attached hydrogen (secondary N) is 1. The summed E-state index contributed by atoms with van der Waals surface area (Å²) in [7, 11) is 0. The molecule has 0 aliphatic heterocycles. The molecule has 0 heterocycles. The van der Waals surface area contributed by atoms with Crippen molar-refractivity contribution in [2.24, 2.45) is 0 Å². The van der Waals surface area contributed by atoms with Gasteiger partial charge in [0, 0.05) is 18.5 Å². The van der Waals surface area contributed by atoms with Crippen LogP contribution in [-0.4, -0.2) is 23.5 Å². The average Bonchev–Trinajstić information content (AvgIpc) is 2.63. The van der Waals surface area contributed by atoms with Gasteiger partial charge in [-0.15, -0.1) is 0 Å². The number of hydrogen-bond acceptors (Lipinski definition) is 2. The van der Waals surface area contributed by atoms with Crippen molar-refractivity contribution in [1.82, 2.24) is 5.32 Å². The summed E-state index contributed by atoms with van der Waals surface area (Å²) in [4.78, 5) is 22.4. The van der Waals surface area contributed by atoms with Crippen LogP contribution >= 0.6 is 0 Å². The second-order valence-corrected chi connectivity index (χ2v) is 7.02. The molecule has 0 saturated carbocycles. The SMILES string of the molecule is O=C(O)CCCCCCCCCCNC(=O)c1cc(C(F)(F)F)cc(C(F)(F)F)c1. The van der Waals surface area contributed by atoms with Gasteiger partial charge in [0.2, 0.25) is 0 Å². The number of rotatable bonds is 12. The van der Waals surface area contributed by atoms with Crippen molar-refractivity contribution < 1.29 is 41.0 Å². The van der Waals surface area contributed by atoms with Gasteiger partial charge >= 0.3 is 18.3 Å². The van der Waals surface area contributed by atoms with E-state index in [4.69, 9.17) is 5.11 Å². The molecule has 0 aliphatic rings. The summed E-state index contributed by atoms with van der Waals surface area (Å²) in [6, 6.07) is 0.808. The molecule has 1 aromatic carbocycles. The lowest BCUT2D eigenvalue weighted by Crippen LogP contribution is -2.25. The van der Waals surface area contributed by atoms with Gasteiger partial charge in [-0.05, 0) is 31.0 Å². The lowest BCUT2D eigenvalue weighted by molar-refractivity contribution is -0.143. The summed E-state index contributed by atoms with van der Waals surface area (Å²) < 4.78 is 77.0. The fourth-order valence-electron chi connectivity index (χ4n) is 2.85. The Hall–Kier alpha value is -2.26. The summed E-state index contributed by atoms with van der Waals surface area (Å²) >= 11 is 0. The molecule has 1 rings (SSSR count). The zero-order valence-corrected chi connectivity index (χ0v) is 16.3. The molecule has 0 fully saturated rings. The van der Waals surface area contributed by atoms with Crippen LogP contribution in [0, 0.1) is 0 Å². The molecule has 0 atom stereocenters. The highest BCUT2D eigenvalue weighted by Crippen LogP contribution is 2.36. The minimum atomic E-state index is -5.00. The number of aliphatic carboxylic acids is 1. The van der Waals surface area contributed by atoms with Crippen molar-refractivity contribution in [3.63, 3.8) is 0 Å². The Morgan fingerprint density at radius 1 is 0.733 bits per heavy atom. The predicted molar refractivity (Wildman–Crippen MR) is 98.0 cm³/mol. The number of alkyl halides is 6. The third-order valence-corrected chi connectivity index (χ3v) is 4.45. The van der Waals surface area contributed by atoms with Gasteiger partial charge in [0.1, 0.15) is 0 Å². The average molecular weight is 441 g/mol. The Bertz CT molecular complexity index is 669. The molecule has 0 spiro atoms. The zero-order valence-electron chi connectivity index (χ0n) is 16.3. The van der Waals surface area contributed by atoms with Gasteiger partial charge in [0.25, 0.3) is 5.91 Å². The first-order valence-electron chi connectivity index (χ1n) is 9.70. The topological polar surface area (TPSA) is 66.4 Å². The first kappa shape index (κ1) is 25.8. The van der Waals surface area contributed by atoms with Crippen molar-refractivity contribution in [2.45, 2.75) is 70.1 Å². The number of benzene rings is 1. The molecular formula is C20H25F6NO3. The Kier molecular flexibility index (Phi) is 10.1. The van der Waals surface area contributed by atoms with Crippen LogP contribution in [0.1, 0.15) is 79.3 Å². The molecule has 170 valence electrons. The Labute approximate surface area is 170 Å². The van der Waals surface area contributed by atoms with E-state index in [1.54, 1.807) is 0 Å². The van der Waals surface area contributed by atoms with Crippen molar-refractivity contribution in [3.05, 3.63) is 34.9 Å². The van der Waals surface area contributed by atoms with E-state index in [0.29, 0.717) is 25.0 Å². The van der Waals surface area contributed by atoms with E-state index in [1.807, 2.05) is 0 Å². The van der Waals surface area contributed by atoms with E-state index in [1.165, 1.54) is 0 Å². The van der Waals surface area contributed by atoms with E-state index in [2.05, 4.69) is 5.32 Å². The largest absolute Gasteiger partial charge is 0.481 e. The van der Waals surface area contributed by atoms with Crippen LogP contribution in [0.15, 0.2) is 18.2 Å². The molecule has 1 aromatic rings. The Morgan fingerprint density at radius 2 is 1.17 bits per heavy atom. The van der Waals surface area contributed by atoms with Crippen molar-refractivity contribution >= 4 is 11.9 Å². The number of hydrogen-bond donors (Lipinski definition) is 2. The van der Waals surface area contributed by atoms with Crippen molar-refractivity contribution in [2.75, 3.05) is 6.54 Å². The van der Waals surface area contributed by atoms with Crippen LogP contribution in [0.3, 0.4) is 0 Å². The zero-order chi connectivity index (χ0) is 22.8. The maximum atomic E-state index is 12.8. The molecule has 30 heavy (non-hydrogen) atoms. The predicted octanol–water partition coefficient (Wildman–Crippen LogP) is 6.05.